The first-order chi connectivity index (χ1) is 10.7. The maximum absolute atomic E-state index is 12.8. The van der Waals surface area contributed by atoms with E-state index in [9.17, 15) is 9.18 Å². The highest BCUT2D eigenvalue weighted by Gasteiger charge is 2.07. The van der Waals surface area contributed by atoms with Gasteiger partial charge in [0.15, 0.2) is 0 Å². The van der Waals surface area contributed by atoms with E-state index in [2.05, 4.69) is 10.1 Å². The molecule has 2 aromatic heterocycles. The highest BCUT2D eigenvalue weighted by atomic mass is 32.1. The van der Waals surface area contributed by atoms with E-state index in [4.69, 9.17) is 4.74 Å². The number of benzene rings is 1. The van der Waals surface area contributed by atoms with Crippen molar-refractivity contribution in [3.63, 3.8) is 0 Å². The van der Waals surface area contributed by atoms with Crippen molar-refractivity contribution in [3.05, 3.63) is 62.8 Å². The number of fused-ring (bicyclic) bond motifs is 1. The van der Waals surface area contributed by atoms with E-state index in [0.29, 0.717) is 22.3 Å². The second-order valence-electron chi connectivity index (χ2n) is 4.53. The molecule has 0 aliphatic rings. The maximum atomic E-state index is 12.8. The van der Waals surface area contributed by atoms with E-state index in [0.717, 1.165) is 5.56 Å². The maximum Gasteiger partial charge on any atom is 0.275 e. The second-order valence-corrected chi connectivity index (χ2v) is 5.57. The van der Waals surface area contributed by atoms with Crippen molar-refractivity contribution in [1.29, 1.82) is 0 Å². The Labute approximate surface area is 129 Å². The fraction of sp³-hybridized carbons (Fsp3) is 0.133. The Bertz CT molecular complexity index is 884. The fourth-order valence-electron chi connectivity index (χ4n) is 1.89. The summed E-state index contributed by atoms with van der Waals surface area (Å²) in [5.41, 5.74) is 1.11. The number of ether oxygens (including phenoxy) is 1. The largest absolute Gasteiger partial charge is 0.377 e. The van der Waals surface area contributed by atoms with Crippen molar-refractivity contribution < 1.29 is 9.13 Å². The van der Waals surface area contributed by atoms with Crippen LogP contribution in [0.1, 0.15) is 16.3 Å². The Balaban J connectivity index is 1.93. The first-order valence-electron chi connectivity index (χ1n) is 6.48. The minimum Gasteiger partial charge on any atom is -0.377 e. The summed E-state index contributed by atoms with van der Waals surface area (Å²) in [6.45, 7) is 0.341. The van der Waals surface area contributed by atoms with Gasteiger partial charge in [0.1, 0.15) is 10.8 Å². The van der Waals surface area contributed by atoms with Crippen LogP contribution in [0.5, 0.6) is 0 Å². The van der Waals surface area contributed by atoms with E-state index in [1.165, 1.54) is 34.1 Å². The van der Waals surface area contributed by atoms with E-state index >= 15 is 0 Å². The zero-order valence-electron chi connectivity index (χ0n) is 11.7. The molecule has 2 heterocycles. The van der Waals surface area contributed by atoms with Gasteiger partial charge in [0.25, 0.3) is 5.56 Å². The Morgan fingerprint density at radius 1 is 1.32 bits per heavy atom. The fourth-order valence-corrected chi connectivity index (χ4v) is 2.77. The van der Waals surface area contributed by atoms with Gasteiger partial charge < -0.3 is 4.74 Å². The van der Waals surface area contributed by atoms with Crippen molar-refractivity contribution in [2.75, 3.05) is 7.11 Å². The molecular weight excluding hydrogens is 305 g/mol. The van der Waals surface area contributed by atoms with Crippen molar-refractivity contribution >= 4 is 28.4 Å². The van der Waals surface area contributed by atoms with Gasteiger partial charge in [0.2, 0.25) is 4.96 Å². The highest BCUT2D eigenvalue weighted by molar-refractivity contribution is 7.16. The third-order valence-corrected chi connectivity index (χ3v) is 3.77. The van der Waals surface area contributed by atoms with E-state index < -0.39 is 0 Å². The van der Waals surface area contributed by atoms with Gasteiger partial charge in [-0.25, -0.2) is 9.37 Å². The van der Waals surface area contributed by atoms with Gasteiger partial charge in [-0.05, 0) is 23.8 Å². The lowest BCUT2D eigenvalue weighted by molar-refractivity contribution is 0.183. The summed E-state index contributed by atoms with van der Waals surface area (Å²) in [6.07, 6.45) is 3.49. The SMILES string of the molecule is COCc1nn2c(=O)cc(/C=C/c3ccc(F)cc3)nc2s1. The number of rotatable bonds is 4. The standard InChI is InChI=1S/C15H12FN3O2S/c1-21-9-13-18-19-14(20)8-12(17-15(19)22-13)7-4-10-2-5-11(16)6-3-10/h2-8H,9H2,1H3/b7-4+. The van der Waals surface area contributed by atoms with Gasteiger partial charge in [-0.2, -0.15) is 9.61 Å². The molecule has 112 valence electrons. The van der Waals surface area contributed by atoms with Crippen molar-refractivity contribution in [2.24, 2.45) is 0 Å². The Morgan fingerprint density at radius 3 is 2.82 bits per heavy atom. The molecule has 5 nitrogen and oxygen atoms in total. The lowest BCUT2D eigenvalue weighted by Gasteiger charge is -1.95. The van der Waals surface area contributed by atoms with E-state index in [1.54, 1.807) is 31.4 Å². The molecule has 1 aromatic carbocycles. The molecule has 0 bridgehead atoms. The van der Waals surface area contributed by atoms with Crippen LogP contribution in [-0.2, 0) is 11.3 Å². The van der Waals surface area contributed by atoms with Gasteiger partial charge in [0, 0.05) is 13.2 Å². The predicted molar refractivity (Wildman–Crippen MR) is 83.2 cm³/mol. The number of methoxy groups -OCH3 is 1. The molecule has 0 atom stereocenters. The van der Waals surface area contributed by atoms with Crippen molar-refractivity contribution in [2.45, 2.75) is 6.61 Å². The molecule has 7 heteroatoms. The van der Waals surface area contributed by atoms with Gasteiger partial charge in [-0.15, -0.1) is 0 Å². The van der Waals surface area contributed by atoms with E-state index in [-0.39, 0.29) is 11.4 Å². The zero-order chi connectivity index (χ0) is 15.5. The summed E-state index contributed by atoms with van der Waals surface area (Å²) in [6, 6.07) is 7.47. The summed E-state index contributed by atoms with van der Waals surface area (Å²) >= 11 is 1.31. The molecule has 0 aliphatic heterocycles. The minimum atomic E-state index is -0.287. The third-order valence-electron chi connectivity index (χ3n) is 2.89. The molecule has 0 amide bonds. The molecule has 0 N–H and O–H groups in total. The molecule has 0 fully saturated rings. The highest BCUT2D eigenvalue weighted by Crippen LogP contribution is 2.13. The lowest BCUT2D eigenvalue weighted by Crippen LogP contribution is -2.14. The summed E-state index contributed by atoms with van der Waals surface area (Å²) in [4.78, 5) is 16.9. The Hall–Kier alpha value is -2.38. The van der Waals surface area contributed by atoms with Gasteiger partial charge >= 0.3 is 0 Å². The smallest absolute Gasteiger partial charge is 0.275 e. The average molecular weight is 317 g/mol. The lowest BCUT2D eigenvalue weighted by atomic mass is 10.2. The van der Waals surface area contributed by atoms with Crippen molar-refractivity contribution in [3.8, 4) is 0 Å². The number of halogens is 1. The molecule has 22 heavy (non-hydrogen) atoms. The van der Waals surface area contributed by atoms with Crippen LogP contribution in [0, 0.1) is 5.82 Å². The van der Waals surface area contributed by atoms with Gasteiger partial charge in [0.05, 0.1) is 12.3 Å². The summed E-state index contributed by atoms with van der Waals surface area (Å²) in [5.74, 6) is -0.287. The summed E-state index contributed by atoms with van der Waals surface area (Å²) in [7, 11) is 1.57. The average Bonchev–Trinajstić information content (AvgIpc) is 2.90. The molecule has 0 radical (unpaired) electrons. The molecular formula is C15H12FN3O2S. The van der Waals surface area contributed by atoms with Crippen molar-refractivity contribution in [1.82, 2.24) is 14.6 Å². The monoisotopic (exact) mass is 317 g/mol. The normalized spacial score (nSPS) is 11.5. The van der Waals surface area contributed by atoms with E-state index in [1.807, 2.05) is 0 Å². The summed E-state index contributed by atoms with van der Waals surface area (Å²) < 4.78 is 19.1. The second kappa shape index (κ2) is 6.17. The molecule has 3 rings (SSSR count). The molecule has 0 spiro atoms. The molecule has 3 aromatic rings. The first kappa shape index (κ1) is 14.6. The summed E-state index contributed by atoms with van der Waals surface area (Å²) in [5, 5.41) is 4.83. The van der Waals surface area contributed by atoms with Crippen LogP contribution < -0.4 is 5.56 Å². The van der Waals surface area contributed by atoms with Gasteiger partial charge in [-0.1, -0.05) is 29.5 Å². The van der Waals surface area contributed by atoms with Crippen LogP contribution in [0.4, 0.5) is 4.39 Å². The number of nitrogens with zero attached hydrogens (tertiary/aromatic N) is 3. The number of hydrogen-bond acceptors (Lipinski definition) is 5. The Kier molecular flexibility index (Phi) is 4.08. The first-order valence-corrected chi connectivity index (χ1v) is 7.30. The van der Waals surface area contributed by atoms with Crippen LogP contribution in [0.15, 0.2) is 35.1 Å². The van der Waals surface area contributed by atoms with Crippen LogP contribution in [0.2, 0.25) is 0 Å². The third kappa shape index (κ3) is 3.10. The molecule has 0 aliphatic carbocycles. The van der Waals surface area contributed by atoms with Crippen LogP contribution in [-0.4, -0.2) is 21.7 Å². The zero-order valence-corrected chi connectivity index (χ0v) is 12.5. The molecule has 0 saturated heterocycles. The molecule has 0 saturated carbocycles. The minimum absolute atomic E-state index is 0.248. The van der Waals surface area contributed by atoms with Gasteiger partial charge in [-0.3, -0.25) is 4.79 Å². The topological polar surface area (TPSA) is 56.5 Å². The van der Waals surface area contributed by atoms with Crippen LogP contribution in [0.3, 0.4) is 0 Å². The van der Waals surface area contributed by atoms with Crippen LogP contribution in [0.25, 0.3) is 17.1 Å². The number of aromatic nitrogens is 3. The quantitative estimate of drug-likeness (QED) is 0.742. The predicted octanol–water partition coefficient (Wildman–Crippen LogP) is 2.61. The Morgan fingerprint density at radius 2 is 2.09 bits per heavy atom. The number of hydrogen-bond donors (Lipinski definition) is 0. The van der Waals surface area contributed by atoms with Crippen LogP contribution >= 0.6 is 11.3 Å². The molecule has 0 unspecified atom stereocenters.